The Kier molecular flexibility index (Phi) is 10.5. The van der Waals surface area contributed by atoms with E-state index in [0.29, 0.717) is 17.7 Å². The van der Waals surface area contributed by atoms with Gasteiger partial charge in [-0.1, -0.05) is 50.3 Å². The Bertz CT molecular complexity index is 1480. The fraction of sp³-hybridized carbons (Fsp3) is 0.513. The minimum atomic E-state index is -1.15. The molecular weight excluding hydrogens is 563 g/mol. The molecule has 0 saturated carbocycles. The number of carboxylic acid groups (broad SMARTS) is 1. The average Bonchev–Trinajstić information content (AvgIpc) is 2.90. The van der Waals surface area contributed by atoms with Gasteiger partial charge in [0.05, 0.1) is 11.3 Å². The third kappa shape index (κ3) is 8.74. The molecule has 1 atom stereocenters. The average molecular weight is 617 g/mol. The van der Waals surface area contributed by atoms with Crippen LogP contribution >= 0.6 is 0 Å². The van der Waals surface area contributed by atoms with Gasteiger partial charge >= 0.3 is 5.97 Å². The van der Waals surface area contributed by atoms with E-state index in [2.05, 4.69) is 68.3 Å². The van der Waals surface area contributed by atoms with Crippen LogP contribution in [0, 0.1) is 18.2 Å². The van der Waals surface area contributed by atoms with Gasteiger partial charge in [0.15, 0.2) is 6.10 Å². The molecule has 1 fully saturated rings. The van der Waals surface area contributed by atoms with Crippen molar-refractivity contribution in [1.29, 1.82) is 0 Å². The topological polar surface area (TPSA) is 53.0 Å². The SMILES string of the molecule is C=C(C)/C(=C(\C(=C(C)C)c1ccc2c(c1)CCN(Cc1cc(C)cc(F)c1)C2)N1CCC(C)(C)CC1)[C@H](OC(C)(C)C)C(=O)O. The van der Waals surface area contributed by atoms with E-state index >= 15 is 0 Å². The first-order valence-electron chi connectivity index (χ1n) is 16.3. The molecular formula is C39H53FN2O3. The molecule has 5 nitrogen and oxygen atoms in total. The second kappa shape index (κ2) is 13.6. The van der Waals surface area contributed by atoms with Gasteiger partial charge in [0.2, 0.25) is 0 Å². The lowest BCUT2D eigenvalue weighted by molar-refractivity contribution is -0.155. The molecule has 2 aliphatic rings. The number of rotatable bonds is 9. The van der Waals surface area contributed by atoms with E-state index in [-0.39, 0.29) is 11.2 Å². The molecule has 6 heteroatoms. The van der Waals surface area contributed by atoms with Gasteiger partial charge in [0.1, 0.15) is 5.82 Å². The van der Waals surface area contributed by atoms with Crippen LogP contribution in [0.3, 0.4) is 0 Å². The smallest absolute Gasteiger partial charge is 0.337 e. The largest absolute Gasteiger partial charge is 0.479 e. The van der Waals surface area contributed by atoms with Crippen LogP contribution in [-0.4, -0.2) is 52.2 Å². The first-order chi connectivity index (χ1) is 20.9. The van der Waals surface area contributed by atoms with Crippen LogP contribution in [-0.2, 0) is 29.0 Å². The third-order valence-corrected chi connectivity index (χ3v) is 8.94. The third-order valence-electron chi connectivity index (χ3n) is 8.94. The summed E-state index contributed by atoms with van der Waals surface area (Å²) in [6.45, 7) is 26.7. The van der Waals surface area contributed by atoms with Crippen molar-refractivity contribution in [2.45, 2.75) is 106 Å². The molecule has 0 amide bonds. The maximum absolute atomic E-state index is 14.0. The number of halogens is 1. The molecule has 2 aromatic carbocycles. The summed E-state index contributed by atoms with van der Waals surface area (Å²) >= 11 is 0. The summed E-state index contributed by atoms with van der Waals surface area (Å²) in [5, 5.41) is 10.5. The van der Waals surface area contributed by atoms with Crippen molar-refractivity contribution in [3.63, 3.8) is 0 Å². The summed E-state index contributed by atoms with van der Waals surface area (Å²) in [5.74, 6) is -1.19. The Hall–Kier alpha value is -3.22. The normalized spacial score (nSPS) is 18.1. The van der Waals surface area contributed by atoms with E-state index in [0.717, 1.165) is 79.0 Å². The van der Waals surface area contributed by atoms with Gasteiger partial charge in [-0.2, -0.15) is 0 Å². The number of aliphatic carboxylic acids is 1. The predicted molar refractivity (Wildman–Crippen MR) is 182 cm³/mol. The number of hydrogen-bond acceptors (Lipinski definition) is 4. The molecule has 4 rings (SSSR count). The Morgan fingerprint density at radius 3 is 2.27 bits per heavy atom. The molecule has 2 heterocycles. The first kappa shape index (κ1) is 34.6. The minimum absolute atomic E-state index is 0.186. The van der Waals surface area contributed by atoms with Crippen molar-refractivity contribution in [3.05, 3.63) is 99.0 Å². The summed E-state index contributed by atoms with van der Waals surface area (Å²) in [7, 11) is 0. The molecule has 2 aromatic rings. The van der Waals surface area contributed by atoms with Crippen LogP contribution in [0.5, 0.6) is 0 Å². The van der Waals surface area contributed by atoms with Crippen molar-refractivity contribution in [2.75, 3.05) is 19.6 Å². The maximum Gasteiger partial charge on any atom is 0.337 e. The molecule has 1 saturated heterocycles. The molecule has 1 N–H and O–H groups in total. The Morgan fingerprint density at radius 1 is 1.04 bits per heavy atom. The number of fused-ring (bicyclic) bond motifs is 1. The minimum Gasteiger partial charge on any atom is -0.479 e. The standard InChI is InChI=1S/C39H53FN2O3/c1-25(2)33(30-11-12-31-24-41(16-13-29(31)22-30)23-28-19-27(5)20-32(40)21-28)35(42-17-14-39(9,10)15-18-42)34(26(3)4)36(37(43)44)45-38(6,7)8/h11-12,19-22,36H,3,13-18,23-24H2,1-2,4-10H3,(H,43,44)/b35-34-/t36-/m0/s1. The lowest BCUT2D eigenvalue weighted by atomic mass is 9.81. The number of likely N-dealkylation sites (tertiary alicyclic amines) is 1. The predicted octanol–water partition coefficient (Wildman–Crippen LogP) is 8.71. The van der Waals surface area contributed by atoms with Gasteiger partial charge in [-0.05, 0) is 119 Å². The van der Waals surface area contributed by atoms with Gasteiger partial charge in [-0.3, -0.25) is 4.90 Å². The maximum atomic E-state index is 14.0. The van der Waals surface area contributed by atoms with Crippen molar-refractivity contribution < 1.29 is 19.0 Å². The number of benzene rings is 2. The van der Waals surface area contributed by atoms with E-state index in [1.54, 1.807) is 12.1 Å². The zero-order valence-electron chi connectivity index (χ0n) is 28.9. The van der Waals surface area contributed by atoms with Crippen LogP contribution in [0.15, 0.2) is 65.4 Å². The molecule has 45 heavy (non-hydrogen) atoms. The Balaban J connectivity index is 1.79. The fourth-order valence-corrected chi connectivity index (χ4v) is 6.66. The summed E-state index contributed by atoms with van der Waals surface area (Å²) in [5.41, 5.74) is 9.60. The molecule has 0 unspecified atom stereocenters. The highest BCUT2D eigenvalue weighted by Crippen LogP contribution is 2.41. The molecule has 0 aromatic heterocycles. The monoisotopic (exact) mass is 616 g/mol. The summed E-state index contributed by atoms with van der Waals surface area (Å²) in [6, 6.07) is 12.0. The van der Waals surface area contributed by atoms with Gasteiger partial charge in [-0.25, -0.2) is 9.18 Å². The highest BCUT2D eigenvalue weighted by atomic mass is 19.1. The molecule has 2 aliphatic heterocycles. The Labute approximate surface area is 270 Å². The zero-order chi connectivity index (χ0) is 33.3. The van der Waals surface area contributed by atoms with Crippen molar-refractivity contribution in [2.24, 2.45) is 5.41 Å². The van der Waals surface area contributed by atoms with E-state index in [1.165, 1.54) is 11.1 Å². The van der Waals surface area contributed by atoms with Crippen LogP contribution in [0.4, 0.5) is 4.39 Å². The number of allylic oxidation sites excluding steroid dienone is 2. The van der Waals surface area contributed by atoms with E-state index < -0.39 is 17.7 Å². The first-order valence-corrected chi connectivity index (χ1v) is 16.3. The highest BCUT2D eigenvalue weighted by molar-refractivity contribution is 5.87. The molecule has 0 radical (unpaired) electrons. The second-order valence-electron chi connectivity index (χ2n) is 15.1. The number of aryl methyl sites for hydroxylation is 1. The summed E-state index contributed by atoms with van der Waals surface area (Å²) < 4.78 is 20.3. The van der Waals surface area contributed by atoms with Crippen LogP contribution in [0.1, 0.15) is 96.0 Å². The van der Waals surface area contributed by atoms with Gasteiger partial charge in [-0.15, -0.1) is 0 Å². The number of piperidine rings is 1. The van der Waals surface area contributed by atoms with Crippen LogP contribution in [0.2, 0.25) is 0 Å². The lowest BCUT2D eigenvalue weighted by Crippen LogP contribution is -2.41. The van der Waals surface area contributed by atoms with Crippen LogP contribution < -0.4 is 0 Å². The summed E-state index contributed by atoms with van der Waals surface area (Å²) in [4.78, 5) is 17.6. The molecule has 0 aliphatic carbocycles. The van der Waals surface area contributed by atoms with Crippen molar-refractivity contribution in [3.8, 4) is 0 Å². The summed E-state index contributed by atoms with van der Waals surface area (Å²) in [6.07, 6.45) is 1.76. The highest BCUT2D eigenvalue weighted by Gasteiger charge is 2.36. The lowest BCUT2D eigenvalue weighted by Gasteiger charge is -2.42. The number of carboxylic acids is 1. The molecule has 244 valence electrons. The van der Waals surface area contributed by atoms with Gasteiger partial charge in [0, 0.05) is 43.9 Å². The van der Waals surface area contributed by atoms with E-state index in [1.807, 2.05) is 34.6 Å². The van der Waals surface area contributed by atoms with Crippen LogP contribution in [0.25, 0.3) is 5.57 Å². The van der Waals surface area contributed by atoms with E-state index in [9.17, 15) is 14.3 Å². The van der Waals surface area contributed by atoms with Gasteiger partial charge in [0.25, 0.3) is 0 Å². The second-order valence-corrected chi connectivity index (χ2v) is 15.1. The number of hydrogen-bond donors (Lipinski definition) is 1. The van der Waals surface area contributed by atoms with Crippen molar-refractivity contribution >= 4 is 11.5 Å². The quantitative estimate of drug-likeness (QED) is 0.286. The molecule has 0 spiro atoms. The number of carbonyl (C=O) groups is 1. The molecule has 0 bridgehead atoms. The van der Waals surface area contributed by atoms with Crippen molar-refractivity contribution in [1.82, 2.24) is 9.80 Å². The fourth-order valence-electron chi connectivity index (χ4n) is 6.66. The number of ether oxygens (including phenoxy) is 1. The van der Waals surface area contributed by atoms with E-state index in [4.69, 9.17) is 4.74 Å². The van der Waals surface area contributed by atoms with Gasteiger partial charge < -0.3 is 14.7 Å². The number of nitrogens with zero attached hydrogens (tertiary/aromatic N) is 2. The zero-order valence-corrected chi connectivity index (χ0v) is 28.9. The Morgan fingerprint density at radius 2 is 1.71 bits per heavy atom.